The molecule has 0 aromatic heterocycles. The first-order valence-corrected chi connectivity index (χ1v) is 11.9. The number of rotatable bonds is 13. The van der Waals surface area contributed by atoms with E-state index in [0.29, 0.717) is 25.8 Å². The van der Waals surface area contributed by atoms with Gasteiger partial charge >= 0.3 is 11.9 Å². The van der Waals surface area contributed by atoms with Crippen molar-refractivity contribution in [1.29, 1.82) is 0 Å². The van der Waals surface area contributed by atoms with Gasteiger partial charge in [0.25, 0.3) is 11.8 Å². The van der Waals surface area contributed by atoms with Crippen LogP contribution in [0.3, 0.4) is 0 Å². The van der Waals surface area contributed by atoms with Crippen LogP contribution in [0, 0.1) is 0 Å². The van der Waals surface area contributed by atoms with Crippen molar-refractivity contribution < 1.29 is 34.2 Å². The lowest BCUT2D eigenvalue weighted by Crippen LogP contribution is -2.42. The zero-order valence-electron chi connectivity index (χ0n) is 20.7. The first-order chi connectivity index (χ1) is 17.1. The molecule has 1 aromatic rings. The summed E-state index contributed by atoms with van der Waals surface area (Å²) < 4.78 is 0. The van der Waals surface area contributed by atoms with Gasteiger partial charge in [-0.3, -0.25) is 24.5 Å². The summed E-state index contributed by atoms with van der Waals surface area (Å²) in [6.07, 6.45) is 8.10. The summed E-state index contributed by atoms with van der Waals surface area (Å²) in [4.78, 5) is 53.0. The topological polar surface area (TPSA) is 202 Å². The number of carboxylic acid groups (broad SMARTS) is 2. The smallest absolute Gasteiger partial charge is 0.326 e. The van der Waals surface area contributed by atoms with Crippen LogP contribution in [-0.4, -0.2) is 58.5 Å². The molecule has 1 aliphatic heterocycles. The van der Waals surface area contributed by atoms with Crippen LogP contribution in [0.25, 0.3) is 0 Å². The fourth-order valence-electron chi connectivity index (χ4n) is 2.84. The third kappa shape index (κ3) is 17.0. The molecule has 11 heteroatoms. The van der Waals surface area contributed by atoms with Gasteiger partial charge in [0.2, 0.25) is 5.91 Å². The van der Waals surface area contributed by atoms with Crippen molar-refractivity contribution in [2.45, 2.75) is 70.4 Å². The number of carbonyl (C=O) groups excluding carboxylic acids is 3. The Bertz CT molecular complexity index is 843. The Morgan fingerprint density at radius 3 is 2.00 bits per heavy atom. The standard InChI is InChI=1S/C15H21NO3.C6H14N2O2.C4H3NO2/c1-2-3-5-10-14(17)16-13(15(18)19)11-12-8-6-4-7-9-12;7-4-2-1-3-5(8)6(9)10;6-3-1-2-4(7)5-3/h4,6-9,13H,2-3,5,10-11H2,1H3,(H,16,17)(H,18,19);5H,1-4,7-8H2,(H,9,10);1-2H,(H,5,6,7). The van der Waals surface area contributed by atoms with Crippen molar-refractivity contribution in [1.82, 2.24) is 10.6 Å². The number of imide groups is 1. The summed E-state index contributed by atoms with van der Waals surface area (Å²) in [5, 5.41) is 22.1. The van der Waals surface area contributed by atoms with Crippen LogP contribution in [0.5, 0.6) is 0 Å². The van der Waals surface area contributed by atoms with Gasteiger partial charge in [0.15, 0.2) is 0 Å². The maximum Gasteiger partial charge on any atom is 0.326 e. The molecule has 1 heterocycles. The summed E-state index contributed by atoms with van der Waals surface area (Å²) in [7, 11) is 0. The maximum atomic E-state index is 11.6. The maximum absolute atomic E-state index is 11.6. The lowest BCUT2D eigenvalue weighted by atomic mass is 10.1. The molecule has 0 spiro atoms. The van der Waals surface area contributed by atoms with E-state index in [1.807, 2.05) is 35.6 Å². The lowest BCUT2D eigenvalue weighted by Gasteiger charge is -2.14. The van der Waals surface area contributed by atoms with Crippen molar-refractivity contribution in [2.75, 3.05) is 6.54 Å². The second-order valence-electron chi connectivity index (χ2n) is 8.02. The van der Waals surface area contributed by atoms with E-state index in [2.05, 4.69) is 12.2 Å². The van der Waals surface area contributed by atoms with Gasteiger partial charge in [0.1, 0.15) is 12.1 Å². The normalized spacial score (nSPS) is 13.3. The second-order valence-corrected chi connectivity index (χ2v) is 8.02. The third-order valence-electron chi connectivity index (χ3n) is 4.84. The van der Waals surface area contributed by atoms with E-state index >= 15 is 0 Å². The highest BCUT2D eigenvalue weighted by Crippen LogP contribution is 2.05. The minimum Gasteiger partial charge on any atom is -0.480 e. The highest BCUT2D eigenvalue weighted by molar-refractivity contribution is 6.12. The number of hydrogen-bond acceptors (Lipinski definition) is 7. The van der Waals surface area contributed by atoms with E-state index in [1.54, 1.807) is 0 Å². The molecule has 0 fully saturated rings. The Morgan fingerprint density at radius 2 is 1.56 bits per heavy atom. The molecule has 8 N–H and O–H groups in total. The van der Waals surface area contributed by atoms with Gasteiger partial charge in [-0.1, -0.05) is 56.5 Å². The van der Waals surface area contributed by atoms with Crippen LogP contribution in [0.2, 0.25) is 0 Å². The number of nitrogens with two attached hydrogens (primary N) is 2. The average Bonchev–Trinajstić information content (AvgIpc) is 3.22. The minimum absolute atomic E-state index is 0.184. The van der Waals surface area contributed by atoms with Gasteiger partial charge in [0.05, 0.1) is 0 Å². The highest BCUT2D eigenvalue weighted by Gasteiger charge is 2.19. The monoisotopic (exact) mass is 506 g/mol. The van der Waals surface area contributed by atoms with Gasteiger partial charge in [-0.05, 0) is 31.4 Å². The molecule has 0 aliphatic carbocycles. The van der Waals surface area contributed by atoms with Gasteiger partial charge in [-0.15, -0.1) is 0 Å². The van der Waals surface area contributed by atoms with E-state index in [4.69, 9.17) is 21.7 Å². The van der Waals surface area contributed by atoms with Crippen LogP contribution < -0.4 is 22.1 Å². The molecule has 11 nitrogen and oxygen atoms in total. The number of hydrogen-bond donors (Lipinski definition) is 6. The Kier molecular flexibility index (Phi) is 17.8. The summed E-state index contributed by atoms with van der Waals surface area (Å²) >= 11 is 0. The summed E-state index contributed by atoms with van der Waals surface area (Å²) in [5.41, 5.74) is 11.3. The van der Waals surface area contributed by atoms with Crippen molar-refractivity contribution in [3.63, 3.8) is 0 Å². The van der Waals surface area contributed by atoms with Gasteiger partial charge in [-0.25, -0.2) is 4.79 Å². The zero-order chi connectivity index (χ0) is 27.3. The molecule has 0 saturated heterocycles. The summed E-state index contributed by atoms with van der Waals surface area (Å²) in [6, 6.07) is 7.75. The second kappa shape index (κ2) is 19.7. The molecule has 3 amide bonds. The Labute approximate surface area is 211 Å². The Balaban J connectivity index is 0.000000597. The van der Waals surface area contributed by atoms with E-state index in [0.717, 1.165) is 37.7 Å². The largest absolute Gasteiger partial charge is 0.480 e. The third-order valence-corrected chi connectivity index (χ3v) is 4.84. The number of amides is 3. The van der Waals surface area contributed by atoms with Crippen molar-refractivity contribution in [2.24, 2.45) is 11.5 Å². The molecule has 2 rings (SSSR count). The fourth-order valence-corrected chi connectivity index (χ4v) is 2.84. The highest BCUT2D eigenvalue weighted by atomic mass is 16.4. The Morgan fingerprint density at radius 1 is 0.944 bits per heavy atom. The minimum atomic E-state index is -0.993. The first kappa shape index (κ1) is 32.4. The Hall–Kier alpha value is -3.57. The van der Waals surface area contributed by atoms with Crippen molar-refractivity contribution in [3.8, 4) is 0 Å². The van der Waals surface area contributed by atoms with Crippen molar-refractivity contribution in [3.05, 3.63) is 48.0 Å². The average molecular weight is 507 g/mol. The molecule has 0 saturated carbocycles. The number of nitrogens with one attached hydrogen (secondary N) is 2. The van der Waals surface area contributed by atoms with Gasteiger partial charge in [-0.2, -0.15) is 0 Å². The molecular formula is C25H38N4O7. The van der Waals surface area contributed by atoms with Crippen LogP contribution in [0.15, 0.2) is 42.5 Å². The molecule has 1 aromatic carbocycles. The SMILES string of the molecule is CCCCCC(=O)NC(Cc1ccccc1)C(=O)O.NCCCCC(N)C(=O)O.O=C1C=CC(=O)N1. The van der Waals surface area contributed by atoms with Crippen LogP contribution in [-0.2, 0) is 30.4 Å². The first-order valence-electron chi connectivity index (χ1n) is 11.9. The predicted octanol–water partition coefficient (Wildman–Crippen LogP) is 1.11. The van der Waals surface area contributed by atoms with E-state index in [-0.39, 0.29) is 17.7 Å². The number of aliphatic carboxylic acids is 2. The molecule has 2 atom stereocenters. The quantitative estimate of drug-likeness (QED) is 0.167. The number of carbonyl (C=O) groups is 5. The molecule has 0 bridgehead atoms. The van der Waals surface area contributed by atoms with E-state index in [1.165, 1.54) is 12.2 Å². The fraction of sp³-hybridized carbons (Fsp3) is 0.480. The van der Waals surface area contributed by atoms with E-state index < -0.39 is 24.0 Å². The van der Waals surface area contributed by atoms with Crippen LogP contribution >= 0.6 is 0 Å². The summed E-state index contributed by atoms with van der Waals surface area (Å²) in [5.74, 6) is -2.77. The van der Waals surface area contributed by atoms with Crippen molar-refractivity contribution >= 4 is 29.7 Å². The number of carboxylic acids is 2. The summed E-state index contributed by atoms with van der Waals surface area (Å²) in [6.45, 7) is 2.67. The van der Waals surface area contributed by atoms with Crippen LogP contribution in [0.4, 0.5) is 0 Å². The zero-order valence-corrected chi connectivity index (χ0v) is 20.7. The number of unbranched alkanes of at least 4 members (excludes halogenated alkanes) is 3. The van der Waals surface area contributed by atoms with E-state index in [9.17, 15) is 24.0 Å². The molecule has 0 radical (unpaired) electrons. The van der Waals surface area contributed by atoms with Crippen LogP contribution in [0.1, 0.15) is 57.4 Å². The lowest BCUT2D eigenvalue weighted by molar-refractivity contribution is -0.141. The number of benzene rings is 1. The molecular weight excluding hydrogens is 468 g/mol. The molecule has 200 valence electrons. The molecule has 2 unspecified atom stereocenters. The van der Waals surface area contributed by atoms with Gasteiger partial charge < -0.3 is 27.0 Å². The molecule has 36 heavy (non-hydrogen) atoms. The van der Waals surface area contributed by atoms with Gasteiger partial charge in [0, 0.05) is 25.0 Å². The molecule has 1 aliphatic rings. The predicted molar refractivity (Wildman–Crippen MR) is 135 cm³/mol.